The number of nitriles is 1. The quantitative estimate of drug-likeness (QED) is 0.460. The summed E-state index contributed by atoms with van der Waals surface area (Å²) in [6.07, 6.45) is 8.62. The average Bonchev–Trinajstić information content (AvgIpc) is 3.49. The lowest BCUT2D eigenvalue weighted by Crippen LogP contribution is -2.11. The minimum Gasteiger partial charge on any atom is -0.494 e. The second kappa shape index (κ2) is 11.0. The molecule has 2 atom stereocenters. The summed E-state index contributed by atoms with van der Waals surface area (Å²) in [7, 11) is 0. The van der Waals surface area contributed by atoms with Crippen LogP contribution in [0.5, 0.6) is 5.75 Å². The Bertz CT molecular complexity index is 1230. The van der Waals surface area contributed by atoms with Crippen molar-refractivity contribution in [2.24, 2.45) is 22.6 Å². The van der Waals surface area contributed by atoms with Crippen molar-refractivity contribution >= 4 is 5.71 Å². The minimum absolute atomic E-state index is 0.0259. The molecule has 2 aromatic rings. The molecule has 0 radical (unpaired) electrons. The number of rotatable bonds is 9. The number of aromatic nitrogens is 2. The fraction of sp³-hybridized carbons (Fsp3) is 0.407. The van der Waals surface area contributed by atoms with E-state index >= 15 is 0 Å². The summed E-state index contributed by atoms with van der Waals surface area (Å²) in [6, 6.07) is 7.14. The van der Waals surface area contributed by atoms with Gasteiger partial charge in [0.1, 0.15) is 11.5 Å². The first kappa shape index (κ1) is 25.5. The molecule has 0 spiro atoms. The molecule has 9 heteroatoms. The Kier molecular flexibility index (Phi) is 7.75. The number of nitrogens with zero attached hydrogens (tertiary/aromatic N) is 4. The SMILES string of the molecule is CC1=N/C(Oc2cc(C#N)ccc2-c2ncc(CN)cn2)=C\C(OCCCC2CC2(F)F)=C\CC1C. The zero-order chi connectivity index (χ0) is 25.7. The van der Waals surface area contributed by atoms with Gasteiger partial charge in [-0.3, -0.25) is 0 Å². The van der Waals surface area contributed by atoms with Crippen molar-refractivity contribution < 1.29 is 18.3 Å². The summed E-state index contributed by atoms with van der Waals surface area (Å²) >= 11 is 0. The molecule has 7 nitrogen and oxygen atoms in total. The molecule has 1 aliphatic heterocycles. The number of ether oxygens (including phenoxy) is 2. The Labute approximate surface area is 209 Å². The third-order valence-corrected chi connectivity index (χ3v) is 6.37. The van der Waals surface area contributed by atoms with Crippen LogP contribution in [0.2, 0.25) is 0 Å². The highest BCUT2D eigenvalue weighted by Crippen LogP contribution is 2.51. The lowest BCUT2D eigenvalue weighted by atomic mass is 10.0. The monoisotopic (exact) mass is 493 g/mol. The molecule has 0 amide bonds. The van der Waals surface area contributed by atoms with E-state index < -0.39 is 11.8 Å². The molecule has 36 heavy (non-hydrogen) atoms. The molecule has 2 aliphatic rings. The van der Waals surface area contributed by atoms with Gasteiger partial charge in [0.2, 0.25) is 5.88 Å². The molecule has 2 unspecified atom stereocenters. The van der Waals surface area contributed by atoms with Crippen LogP contribution in [0, 0.1) is 23.2 Å². The van der Waals surface area contributed by atoms with Gasteiger partial charge in [-0.15, -0.1) is 0 Å². The van der Waals surface area contributed by atoms with Gasteiger partial charge >= 0.3 is 0 Å². The smallest absolute Gasteiger partial charge is 0.251 e. The van der Waals surface area contributed by atoms with E-state index in [0.717, 1.165) is 17.7 Å². The number of allylic oxidation sites excluding steroid dienone is 2. The molecule has 0 saturated heterocycles. The third kappa shape index (κ3) is 6.32. The summed E-state index contributed by atoms with van der Waals surface area (Å²) in [6.45, 7) is 4.64. The number of nitrogens with two attached hydrogens (primary N) is 1. The van der Waals surface area contributed by atoms with Crippen molar-refractivity contribution in [3.8, 4) is 23.2 Å². The molecular weight excluding hydrogens is 464 g/mol. The van der Waals surface area contributed by atoms with E-state index in [1.807, 2.05) is 13.0 Å². The first-order valence-corrected chi connectivity index (χ1v) is 12.0. The van der Waals surface area contributed by atoms with Gasteiger partial charge < -0.3 is 15.2 Å². The fourth-order valence-corrected chi connectivity index (χ4v) is 3.79. The van der Waals surface area contributed by atoms with E-state index in [9.17, 15) is 14.0 Å². The first-order valence-electron chi connectivity index (χ1n) is 12.0. The average molecular weight is 494 g/mol. The van der Waals surface area contributed by atoms with Crippen molar-refractivity contribution in [1.82, 2.24) is 9.97 Å². The lowest BCUT2D eigenvalue weighted by molar-refractivity contribution is 0.0944. The Morgan fingerprint density at radius 3 is 2.67 bits per heavy atom. The predicted molar refractivity (Wildman–Crippen MR) is 132 cm³/mol. The molecule has 1 fully saturated rings. The van der Waals surface area contributed by atoms with Crippen LogP contribution in [0.15, 0.2) is 59.4 Å². The number of aliphatic imine (C=N–C) groups is 1. The van der Waals surface area contributed by atoms with Crippen molar-refractivity contribution in [2.75, 3.05) is 6.61 Å². The molecule has 1 aromatic heterocycles. The van der Waals surface area contributed by atoms with Crippen LogP contribution in [0.3, 0.4) is 0 Å². The van der Waals surface area contributed by atoms with Crippen molar-refractivity contribution in [2.45, 2.75) is 52.0 Å². The molecular formula is C27H29F2N5O2. The maximum atomic E-state index is 13.1. The van der Waals surface area contributed by atoms with E-state index in [2.05, 4.69) is 28.0 Å². The second-order valence-electron chi connectivity index (χ2n) is 9.18. The van der Waals surface area contributed by atoms with Crippen LogP contribution in [0.4, 0.5) is 8.78 Å². The van der Waals surface area contributed by atoms with E-state index in [4.69, 9.17) is 15.2 Å². The van der Waals surface area contributed by atoms with E-state index in [-0.39, 0.29) is 18.2 Å². The summed E-state index contributed by atoms with van der Waals surface area (Å²) < 4.78 is 38.4. The number of halogens is 2. The van der Waals surface area contributed by atoms with E-state index in [1.165, 1.54) is 0 Å². The molecule has 1 saturated carbocycles. The molecule has 4 rings (SSSR count). The Hall–Kier alpha value is -3.64. The van der Waals surface area contributed by atoms with Gasteiger partial charge in [0, 0.05) is 48.6 Å². The summed E-state index contributed by atoms with van der Waals surface area (Å²) in [5.41, 5.74) is 8.34. The molecule has 2 N–H and O–H groups in total. The lowest BCUT2D eigenvalue weighted by Gasteiger charge is -2.17. The number of hydrogen-bond donors (Lipinski definition) is 1. The molecule has 1 aliphatic carbocycles. The van der Waals surface area contributed by atoms with Crippen LogP contribution in [-0.4, -0.2) is 28.2 Å². The van der Waals surface area contributed by atoms with Crippen molar-refractivity contribution in [3.05, 3.63) is 65.5 Å². The largest absolute Gasteiger partial charge is 0.494 e. The Morgan fingerprint density at radius 2 is 2.00 bits per heavy atom. The molecule has 188 valence electrons. The van der Waals surface area contributed by atoms with Gasteiger partial charge in [-0.2, -0.15) is 5.26 Å². The summed E-state index contributed by atoms with van der Waals surface area (Å²) in [4.78, 5) is 13.4. The first-order chi connectivity index (χ1) is 17.3. The highest BCUT2D eigenvalue weighted by Gasteiger charge is 2.55. The van der Waals surface area contributed by atoms with Crippen molar-refractivity contribution in [1.29, 1.82) is 5.26 Å². The number of alkyl halides is 2. The molecule has 2 heterocycles. The van der Waals surface area contributed by atoms with Crippen LogP contribution in [-0.2, 0) is 11.3 Å². The van der Waals surface area contributed by atoms with E-state index in [0.29, 0.717) is 54.5 Å². The summed E-state index contributed by atoms with van der Waals surface area (Å²) in [5, 5.41) is 9.43. The summed E-state index contributed by atoms with van der Waals surface area (Å²) in [5.74, 6) is -1.23. The van der Waals surface area contributed by atoms with Gasteiger partial charge in [0.25, 0.3) is 5.92 Å². The van der Waals surface area contributed by atoms with Crippen molar-refractivity contribution in [3.63, 3.8) is 0 Å². The van der Waals surface area contributed by atoms with Gasteiger partial charge in [0.05, 0.1) is 23.8 Å². The predicted octanol–water partition coefficient (Wildman–Crippen LogP) is 5.53. The number of hydrogen-bond acceptors (Lipinski definition) is 7. The highest BCUT2D eigenvalue weighted by molar-refractivity contribution is 5.85. The van der Waals surface area contributed by atoms with E-state index in [1.54, 1.807) is 36.7 Å². The standard InChI is InChI=1S/C27H29F2N5O2/c1-17-5-7-22(35-9-3-4-21-12-27(21,28)29)11-25(34-18(17)2)36-24-10-19(13-30)6-8-23(24)26-32-15-20(14-31)16-33-26/h6-8,10-11,15-17,21H,3-5,9,12,14,31H2,1-2H3/b22-7-,25-11+,34-18?. The third-order valence-electron chi connectivity index (χ3n) is 6.37. The zero-order valence-corrected chi connectivity index (χ0v) is 20.4. The van der Waals surface area contributed by atoms with Crippen LogP contribution in [0.25, 0.3) is 11.4 Å². The van der Waals surface area contributed by atoms with Crippen LogP contribution in [0.1, 0.15) is 50.7 Å². The van der Waals surface area contributed by atoms with Gasteiger partial charge in [-0.05, 0) is 56.4 Å². The maximum absolute atomic E-state index is 13.1. The van der Waals surface area contributed by atoms with Gasteiger partial charge in [-0.1, -0.05) is 6.92 Å². The van der Waals surface area contributed by atoms with Gasteiger partial charge in [0.15, 0.2) is 5.82 Å². The van der Waals surface area contributed by atoms with Crippen LogP contribution >= 0.6 is 0 Å². The zero-order valence-electron chi connectivity index (χ0n) is 20.4. The van der Waals surface area contributed by atoms with Crippen LogP contribution < -0.4 is 10.5 Å². The molecule has 0 bridgehead atoms. The minimum atomic E-state index is -2.51. The number of benzene rings is 1. The molecule has 1 aromatic carbocycles. The highest BCUT2D eigenvalue weighted by atomic mass is 19.3. The van der Waals surface area contributed by atoms with Gasteiger partial charge in [-0.25, -0.2) is 23.7 Å². The normalized spacial score (nSPS) is 23.6. The second-order valence-corrected chi connectivity index (χ2v) is 9.18. The Balaban J connectivity index is 1.57. The Morgan fingerprint density at radius 1 is 1.25 bits per heavy atom. The maximum Gasteiger partial charge on any atom is 0.251 e. The fourth-order valence-electron chi connectivity index (χ4n) is 3.79. The topological polar surface area (TPSA) is 106 Å².